The van der Waals surface area contributed by atoms with Gasteiger partial charge in [-0.2, -0.15) is 5.26 Å². The van der Waals surface area contributed by atoms with E-state index in [2.05, 4.69) is 11.4 Å². The van der Waals surface area contributed by atoms with Crippen LogP contribution in [0.5, 0.6) is 0 Å². The van der Waals surface area contributed by atoms with Gasteiger partial charge in [-0.1, -0.05) is 78.9 Å². The average molecular weight is 397 g/mol. The zero-order valence-corrected chi connectivity index (χ0v) is 16.7. The SMILES string of the molecule is CC(C(=O)N[C@H](Cc1ccccc1C#N)C(N)=O)(c1ccccc1)c1ccccc1. The molecule has 0 bridgehead atoms. The summed E-state index contributed by atoms with van der Waals surface area (Å²) in [5, 5.41) is 12.2. The van der Waals surface area contributed by atoms with Gasteiger partial charge in [0.1, 0.15) is 6.04 Å². The Labute approximate surface area is 176 Å². The predicted octanol–water partition coefficient (Wildman–Crippen LogP) is 3.08. The molecule has 0 aliphatic carbocycles. The maximum atomic E-state index is 13.5. The third-order valence-electron chi connectivity index (χ3n) is 5.37. The van der Waals surface area contributed by atoms with E-state index in [0.717, 1.165) is 11.1 Å². The molecule has 0 saturated carbocycles. The molecule has 2 amide bonds. The Kier molecular flexibility index (Phi) is 6.29. The maximum Gasteiger partial charge on any atom is 0.240 e. The van der Waals surface area contributed by atoms with E-state index in [1.54, 1.807) is 24.3 Å². The van der Waals surface area contributed by atoms with Crippen LogP contribution in [0, 0.1) is 11.3 Å². The van der Waals surface area contributed by atoms with E-state index in [-0.39, 0.29) is 12.3 Å². The van der Waals surface area contributed by atoms with E-state index in [1.165, 1.54) is 0 Å². The average Bonchev–Trinajstić information content (AvgIpc) is 2.79. The molecule has 5 heteroatoms. The van der Waals surface area contributed by atoms with Gasteiger partial charge in [0.15, 0.2) is 0 Å². The van der Waals surface area contributed by atoms with Crippen molar-refractivity contribution in [1.82, 2.24) is 5.32 Å². The molecule has 0 aliphatic rings. The first-order chi connectivity index (χ1) is 14.5. The second-order valence-electron chi connectivity index (χ2n) is 7.26. The Balaban J connectivity index is 1.96. The third kappa shape index (κ3) is 4.23. The van der Waals surface area contributed by atoms with Crippen LogP contribution in [0.15, 0.2) is 84.9 Å². The second kappa shape index (κ2) is 9.06. The summed E-state index contributed by atoms with van der Waals surface area (Å²) in [5.41, 5.74) is 7.29. The third-order valence-corrected chi connectivity index (χ3v) is 5.37. The van der Waals surface area contributed by atoms with Crippen LogP contribution < -0.4 is 11.1 Å². The van der Waals surface area contributed by atoms with Gasteiger partial charge in [-0.05, 0) is 29.7 Å². The molecule has 3 aromatic rings. The van der Waals surface area contributed by atoms with E-state index in [4.69, 9.17) is 5.73 Å². The first kappa shape index (κ1) is 20.8. The van der Waals surface area contributed by atoms with Crippen LogP contribution in [0.2, 0.25) is 0 Å². The number of rotatable bonds is 7. The monoisotopic (exact) mass is 397 g/mol. The van der Waals surface area contributed by atoms with Gasteiger partial charge < -0.3 is 11.1 Å². The Morgan fingerprint density at radius 2 is 1.43 bits per heavy atom. The number of nitriles is 1. The quantitative estimate of drug-likeness (QED) is 0.641. The summed E-state index contributed by atoms with van der Waals surface area (Å²) >= 11 is 0. The Morgan fingerprint density at radius 3 is 1.93 bits per heavy atom. The highest BCUT2D eigenvalue weighted by atomic mass is 16.2. The van der Waals surface area contributed by atoms with Crippen LogP contribution in [-0.4, -0.2) is 17.9 Å². The molecule has 3 rings (SSSR count). The summed E-state index contributed by atoms with van der Waals surface area (Å²) in [4.78, 5) is 25.7. The minimum absolute atomic E-state index is 0.143. The highest BCUT2D eigenvalue weighted by Crippen LogP contribution is 2.32. The summed E-state index contributed by atoms with van der Waals surface area (Å²) in [6.07, 6.45) is 0.143. The fraction of sp³-hybridized carbons (Fsp3) is 0.160. The molecule has 0 unspecified atom stereocenters. The standard InChI is InChI=1S/C25H23N3O2/c1-25(20-12-4-2-5-13-20,21-14-6-3-7-15-21)24(30)28-22(23(27)29)16-18-10-8-9-11-19(18)17-26/h2-15,22H,16H2,1H3,(H2,27,29)(H,28,30)/t22-/m1/s1. The van der Waals surface area contributed by atoms with Gasteiger partial charge >= 0.3 is 0 Å². The predicted molar refractivity (Wildman–Crippen MR) is 115 cm³/mol. The van der Waals surface area contributed by atoms with Crippen LogP contribution in [-0.2, 0) is 21.4 Å². The van der Waals surface area contributed by atoms with Crippen molar-refractivity contribution in [3.63, 3.8) is 0 Å². The second-order valence-corrected chi connectivity index (χ2v) is 7.26. The number of benzene rings is 3. The Morgan fingerprint density at radius 1 is 0.933 bits per heavy atom. The van der Waals surface area contributed by atoms with E-state index < -0.39 is 17.4 Å². The molecule has 3 N–H and O–H groups in total. The van der Waals surface area contributed by atoms with Gasteiger partial charge in [-0.3, -0.25) is 9.59 Å². The molecule has 0 heterocycles. The first-order valence-corrected chi connectivity index (χ1v) is 9.66. The number of hydrogen-bond donors (Lipinski definition) is 2. The fourth-order valence-corrected chi connectivity index (χ4v) is 3.52. The number of nitrogens with two attached hydrogens (primary N) is 1. The zero-order chi connectivity index (χ0) is 21.6. The van der Waals surface area contributed by atoms with Crippen LogP contribution in [0.3, 0.4) is 0 Å². The van der Waals surface area contributed by atoms with Gasteiger partial charge in [-0.15, -0.1) is 0 Å². The van der Waals surface area contributed by atoms with E-state index >= 15 is 0 Å². The van der Waals surface area contributed by atoms with E-state index in [0.29, 0.717) is 11.1 Å². The molecule has 3 aromatic carbocycles. The highest BCUT2D eigenvalue weighted by Gasteiger charge is 2.38. The molecule has 0 spiro atoms. The van der Waals surface area contributed by atoms with E-state index in [9.17, 15) is 14.9 Å². The lowest BCUT2D eigenvalue weighted by molar-refractivity contribution is -0.129. The lowest BCUT2D eigenvalue weighted by atomic mass is 9.75. The van der Waals surface area contributed by atoms with Gasteiger partial charge in [0.2, 0.25) is 11.8 Å². The normalized spacial score (nSPS) is 11.9. The van der Waals surface area contributed by atoms with Gasteiger partial charge in [0.25, 0.3) is 0 Å². The van der Waals surface area contributed by atoms with Crippen molar-refractivity contribution in [2.24, 2.45) is 5.73 Å². The first-order valence-electron chi connectivity index (χ1n) is 9.66. The minimum atomic E-state index is -1.02. The number of hydrogen-bond acceptors (Lipinski definition) is 3. The minimum Gasteiger partial charge on any atom is -0.368 e. The zero-order valence-electron chi connectivity index (χ0n) is 16.7. The molecule has 5 nitrogen and oxygen atoms in total. The molecule has 0 aliphatic heterocycles. The molecule has 0 aromatic heterocycles. The molecule has 0 fully saturated rings. The van der Waals surface area contributed by atoms with Crippen LogP contribution in [0.4, 0.5) is 0 Å². The smallest absolute Gasteiger partial charge is 0.240 e. The van der Waals surface area contributed by atoms with Crippen molar-refractivity contribution in [1.29, 1.82) is 5.26 Å². The number of nitrogens with one attached hydrogen (secondary N) is 1. The molecule has 150 valence electrons. The van der Waals surface area contributed by atoms with Crippen LogP contribution in [0.25, 0.3) is 0 Å². The van der Waals surface area contributed by atoms with Crippen molar-refractivity contribution in [2.75, 3.05) is 0 Å². The maximum absolute atomic E-state index is 13.5. The number of amides is 2. The van der Waals surface area contributed by atoms with Crippen LogP contribution in [0.1, 0.15) is 29.2 Å². The summed E-state index contributed by atoms with van der Waals surface area (Å²) in [7, 11) is 0. The molecule has 30 heavy (non-hydrogen) atoms. The summed E-state index contributed by atoms with van der Waals surface area (Å²) in [6.45, 7) is 1.83. The number of carbonyl (C=O) groups is 2. The van der Waals surface area contributed by atoms with E-state index in [1.807, 2.05) is 67.6 Å². The van der Waals surface area contributed by atoms with Gasteiger partial charge in [0, 0.05) is 6.42 Å². The van der Waals surface area contributed by atoms with Gasteiger partial charge in [-0.25, -0.2) is 0 Å². The summed E-state index contributed by atoms with van der Waals surface area (Å²) in [5.74, 6) is -0.988. The molecule has 0 saturated heterocycles. The number of primary amides is 1. The summed E-state index contributed by atoms with van der Waals surface area (Å²) < 4.78 is 0. The van der Waals surface area contributed by atoms with Crippen LogP contribution >= 0.6 is 0 Å². The van der Waals surface area contributed by atoms with Crippen molar-refractivity contribution in [2.45, 2.75) is 24.8 Å². The summed E-state index contributed by atoms with van der Waals surface area (Å²) in [6, 6.07) is 26.9. The van der Waals surface area contributed by atoms with Crippen molar-refractivity contribution in [3.8, 4) is 6.07 Å². The molecular formula is C25H23N3O2. The van der Waals surface area contributed by atoms with Crippen molar-refractivity contribution < 1.29 is 9.59 Å². The number of carbonyl (C=O) groups excluding carboxylic acids is 2. The highest BCUT2D eigenvalue weighted by molar-refractivity contribution is 5.95. The molecule has 0 radical (unpaired) electrons. The Hall–Kier alpha value is -3.91. The van der Waals surface area contributed by atoms with Crippen molar-refractivity contribution in [3.05, 3.63) is 107 Å². The largest absolute Gasteiger partial charge is 0.368 e. The van der Waals surface area contributed by atoms with Crippen molar-refractivity contribution >= 4 is 11.8 Å². The lowest BCUT2D eigenvalue weighted by Gasteiger charge is -2.31. The topological polar surface area (TPSA) is 96.0 Å². The Bertz CT molecular complexity index is 1030. The molecule has 1 atom stereocenters. The lowest BCUT2D eigenvalue weighted by Crippen LogP contribution is -2.52. The fourth-order valence-electron chi connectivity index (χ4n) is 3.52. The molecular weight excluding hydrogens is 374 g/mol. The van der Waals surface area contributed by atoms with Gasteiger partial charge in [0.05, 0.1) is 17.0 Å². The number of nitrogens with zero attached hydrogens (tertiary/aromatic N) is 1.